The maximum absolute atomic E-state index is 5.18. The van der Waals surface area contributed by atoms with Gasteiger partial charge in [0.25, 0.3) is 0 Å². The maximum Gasteiger partial charge on any atom is 0.154 e. The predicted octanol–water partition coefficient (Wildman–Crippen LogP) is 4.29. The Kier molecular flexibility index (Phi) is 5.42. The van der Waals surface area contributed by atoms with Crippen LogP contribution in [0.15, 0.2) is 47.1 Å². The summed E-state index contributed by atoms with van der Waals surface area (Å²) in [6.45, 7) is 8.61. The molecule has 7 nitrogen and oxygen atoms in total. The molecular formula is C24H28N6O. The van der Waals surface area contributed by atoms with Crippen LogP contribution in [-0.4, -0.2) is 37.7 Å². The van der Waals surface area contributed by atoms with E-state index in [0.717, 1.165) is 47.2 Å². The van der Waals surface area contributed by atoms with Crippen molar-refractivity contribution in [2.24, 2.45) is 0 Å². The molecule has 0 aliphatic carbocycles. The molecule has 0 radical (unpaired) electrons. The number of aryl methyl sites for hydroxylation is 2. The molecule has 1 N–H and O–H groups in total. The number of benzene rings is 1. The molecule has 0 atom stereocenters. The van der Waals surface area contributed by atoms with Crippen molar-refractivity contribution >= 4 is 16.9 Å². The largest absolute Gasteiger partial charge is 0.362 e. The van der Waals surface area contributed by atoms with Crippen molar-refractivity contribution in [2.75, 3.05) is 18.4 Å². The van der Waals surface area contributed by atoms with Gasteiger partial charge in [-0.2, -0.15) is 0 Å². The first kappa shape index (κ1) is 19.8. The summed E-state index contributed by atoms with van der Waals surface area (Å²) in [4.78, 5) is 11.8. The van der Waals surface area contributed by atoms with Crippen LogP contribution in [0.4, 0.5) is 5.82 Å². The summed E-state index contributed by atoms with van der Waals surface area (Å²) in [5, 5.41) is 7.50. The average molecular weight is 417 g/mol. The number of nitrogens with one attached hydrogen (secondary N) is 1. The Balaban J connectivity index is 1.39. The van der Waals surface area contributed by atoms with Crippen LogP contribution in [0, 0.1) is 13.8 Å². The van der Waals surface area contributed by atoms with Crippen LogP contribution < -0.4 is 5.32 Å². The Labute approximate surface area is 182 Å². The fraction of sp³-hybridized carbons (Fsp3) is 0.375. The van der Waals surface area contributed by atoms with E-state index in [1.165, 1.54) is 37.1 Å². The van der Waals surface area contributed by atoms with Crippen molar-refractivity contribution in [1.82, 2.24) is 24.6 Å². The topological polar surface area (TPSA) is 72.0 Å². The Morgan fingerprint density at radius 3 is 2.58 bits per heavy atom. The van der Waals surface area contributed by atoms with Gasteiger partial charge in [0.15, 0.2) is 5.82 Å². The molecule has 3 aromatic heterocycles. The van der Waals surface area contributed by atoms with Crippen molar-refractivity contribution in [3.63, 3.8) is 0 Å². The predicted molar refractivity (Wildman–Crippen MR) is 121 cm³/mol. The van der Waals surface area contributed by atoms with Crippen LogP contribution in [0.2, 0.25) is 0 Å². The van der Waals surface area contributed by atoms with E-state index >= 15 is 0 Å². The number of hydrogen-bond acceptors (Lipinski definition) is 6. The van der Waals surface area contributed by atoms with Crippen molar-refractivity contribution in [3.05, 3.63) is 71.0 Å². The highest BCUT2D eigenvalue weighted by atomic mass is 16.5. The lowest BCUT2D eigenvalue weighted by atomic mass is 10.1. The van der Waals surface area contributed by atoms with E-state index in [2.05, 4.69) is 66.4 Å². The third kappa shape index (κ3) is 4.46. The monoisotopic (exact) mass is 416 g/mol. The molecule has 4 heterocycles. The maximum atomic E-state index is 5.18. The summed E-state index contributed by atoms with van der Waals surface area (Å²) < 4.78 is 7.40. The number of nitrogens with zero attached hydrogens (tertiary/aromatic N) is 5. The number of anilines is 1. The van der Waals surface area contributed by atoms with E-state index < -0.39 is 0 Å². The molecule has 7 heteroatoms. The lowest BCUT2D eigenvalue weighted by molar-refractivity contribution is 0.331. The summed E-state index contributed by atoms with van der Waals surface area (Å²) in [5.74, 6) is 2.37. The molecule has 1 aromatic carbocycles. The Bertz CT molecular complexity index is 1190. The third-order valence-electron chi connectivity index (χ3n) is 5.79. The van der Waals surface area contributed by atoms with Gasteiger partial charge in [0, 0.05) is 25.4 Å². The van der Waals surface area contributed by atoms with Crippen LogP contribution in [0.3, 0.4) is 0 Å². The number of rotatable bonds is 7. The molecule has 160 valence electrons. The van der Waals surface area contributed by atoms with Gasteiger partial charge in [-0.3, -0.25) is 4.90 Å². The van der Waals surface area contributed by atoms with Crippen LogP contribution in [0.5, 0.6) is 0 Å². The molecule has 0 unspecified atom stereocenters. The van der Waals surface area contributed by atoms with Crippen molar-refractivity contribution in [3.8, 4) is 0 Å². The molecule has 4 aromatic rings. The summed E-state index contributed by atoms with van der Waals surface area (Å²) in [5.41, 5.74) is 5.47. The average Bonchev–Trinajstić information content (AvgIpc) is 3.49. The second-order valence-electron chi connectivity index (χ2n) is 8.38. The van der Waals surface area contributed by atoms with Gasteiger partial charge in [0.2, 0.25) is 0 Å². The molecular weight excluding hydrogens is 388 g/mol. The van der Waals surface area contributed by atoms with Gasteiger partial charge >= 0.3 is 0 Å². The molecule has 5 rings (SSSR count). The molecule has 0 bridgehead atoms. The number of likely N-dealkylation sites (tertiary alicyclic amines) is 1. The minimum absolute atomic E-state index is 0.555. The van der Waals surface area contributed by atoms with Crippen LogP contribution >= 0.6 is 0 Å². The van der Waals surface area contributed by atoms with Crippen molar-refractivity contribution in [1.29, 1.82) is 0 Å². The standard InChI is InChI=1S/C24H28N6O/c1-17-12-21(28-31-17)14-25-24-23-22(26-18(2)27-24)8-11-30(23)16-20-7-5-6-19(13-20)15-29-9-3-4-10-29/h5-8,11-13H,3-4,9-10,14-16H2,1-2H3,(H,25,26,27). The van der Waals surface area contributed by atoms with E-state index in [9.17, 15) is 0 Å². The van der Waals surface area contributed by atoms with E-state index in [1.54, 1.807) is 0 Å². The summed E-state index contributed by atoms with van der Waals surface area (Å²) in [6, 6.07) is 12.9. The van der Waals surface area contributed by atoms with Crippen LogP contribution in [-0.2, 0) is 19.6 Å². The van der Waals surface area contributed by atoms with Gasteiger partial charge in [-0.1, -0.05) is 29.4 Å². The zero-order valence-corrected chi connectivity index (χ0v) is 18.1. The quantitative estimate of drug-likeness (QED) is 0.484. The lowest BCUT2D eigenvalue weighted by Crippen LogP contribution is -2.18. The van der Waals surface area contributed by atoms with E-state index in [-0.39, 0.29) is 0 Å². The highest BCUT2D eigenvalue weighted by molar-refractivity contribution is 5.86. The molecule has 0 saturated carbocycles. The first-order chi connectivity index (χ1) is 15.1. The molecule has 1 aliphatic heterocycles. The van der Waals surface area contributed by atoms with E-state index in [1.807, 2.05) is 19.9 Å². The van der Waals surface area contributed by atoms with Gasteiger partial charge in [-0.05, 0) is 57.0 Å². The first-order valence-electron chi connectivity index (χ1n) is 10.9. The van der Waals surface area contributed by atoms with Gasteiger partial charge in [0.05, 0.1) is 12.1 Å². The van der Waals surface area contributed by atoms with Crippen LogP contribution in [0.25, 0.3) is 11.0 Å². The number of hydrogen-bond donors (Lipinski definition) is 1. The van der Waals surface area contributed by atoms with Crippen LogP contribution in [0.1, 0.15) is 41.2 Å². The minimum Gasteiger partial charge on any atom is -0.362 e. The third-order valence-corrected chi connectivity index (χ3v) is 5.79. The second-order valence-corrected chi connectivity index (χ2v) is 8.38. The first-order valence-corrected chi connectivity index (χ1v) is 10.9. The molecule has 31 heavy (non-hydrogen) atoms. The van der Waals surface area contributed by atoms with E-state index in [4.69, 9.17) is 4.52 Å². The highest BCUT2D eigenvalue weighted by Crippen LogP contribution is 2.24. The molecule has 0 spiro atoms. The Morgan fingerprint density at radius 2 is 1.81 bits per heavy atom. The molecule has 1 fully saturated rings. The smallest absolute Gasteiger partial charge is 0.154 e. The fourth-order valence-corrected chi connectivity index (χ4v) is 4.38. The fourth-order valence-electron chi connectivity index (χ4n) is 4.38. The molecule has 1 aliphatic rings. The SMILES string of the molecule is Cc1nc(NCc2cc(C)on2)c2c(ccn2Cc2cccc(CN3CCCC3)c2)n1. The normalized spacial score (nSPS) is 14.5. The van der Waals surface area contributed by atoms with Gasteiger partial charge in [-0.15, -0.1) is 0 Å². The van der Waals surface area contributed by atoms with E-state index in [0.29, 0.717) is 6.54 Å². The summed E-state index contributed by atoms with van der Waals surface area (Å²) >= 11 is 0. The number of aromatic nitrogens is 4. The highest BCUT2D eigenvalue weighted by Gasteiger charge is 2.14. The van der Waals surface area contributed by atoms with Gasteiger partial charge in [-0.25, -0.2) is 9.97 Å². The molecule has 1 saturated heterocycles. The second kappa shape index (κ2) is 8.51. The molecule has 0 amide bonds. The minimum atomic E-state index is 0.555. The summed E-state index contributed by atoms with van der Waals surface area (Å²) in [6.07, 6.45) is 4.73. The zero-order chi connectivity index (χ0) is 21.2. The van der Waals surface area contributed by atoms with Crippen molar-refractivity contribution < 1.29 is 4.52 Å². The van der Waals surface area contributed by atoms with Crippen molar-refractivity contribution in [2.45, 2.75) is 46.3 Å². The lowest BCUT2D eigenvalue weighted by Gasteiger charge is -2.16. The zero-order valence-electron chi connectivity index (χ0n) is 18.1. The Hall–Kier alpha value is -3.19. The van der Waals surface area contributed by atoms with Gasteiger partial charge < -0.3 is 14.4 Å². The number of fused-ring (bicyclic) bond motifs is 1. The Morgan fingerprint density at radius 1 is 1.00 bits per heavy atom. The van der Waals surface area contributed by atoms with Gasteiger partial charge in [0.1, 0.15) is 22.8 Å². The summed E-state index contributed by atoms with van der Waals surface area (Å²) in [7, 11) is 0.